The van der Waals surface area contributed by atoms with Gasteiger partial charge in [-0.2, -0.15) is 0 Å². The summed E-state index contributed by atoms with van der Waals surface area (Å²) < 4.78 is 2.14. The Balaban J connectivity index is 1.84. The summed E-state index contributed by atoms with van der Waals surface area (Å²) in [5.74, 6) is 1.82. The second-order valence-corrected chi connectivity index (χ2v) is 7.03. The zero-order valence-corrected chi connectivity index (χ0v) is 14.9. The predicted molar refractivity (Wildman–Crippen MR) is 105 cm³/mol. The van der Waals surface area contributed by atoms with Crippen LogP contribution in [0.5, 0.6) is 0 Å². The number of aromatic nitrogens is 4. The van der Waals surface area contributed by atoms with E-state index in [2.05, 4.69) is 56.8 Å². The number of rotatable bonds is 2. The van der Waals surface area contributed by atoms with Crippen molar-refractivity contribution in [3.63, 3.8) is 0 Å². The van der Waals surface area contributed by atoms with E-state index >= 15 is 0 Å². The molecular formula is C21H21N5. The smallest absolute Gasteiger partial charge is 0.213 e. The molecule has 4 aromatic rings. The van der Waals surface area contributed by atoms with Gasteiger partial charge in [0.25, 0.3) is 0 Å². The Hall–Kier alpha value is -2.95. The fourth-order valence-electron chi connectivity index (χ4n) is 3.81. The molecule has 0 radical (unpaired) electrons. The number of piperidine rings is 1. The summed E-state index contributed by atoms with van der Waals surface area (Å²) in [5.41, 5.74) is 4.14. The van der Waals surface area contributed by atoms with Crippen molar-refractivity contribution in [3.05, 3.63) is 54.1 Å². The summed E-state index contributed by atoms with van der Waals surface area (Å²) in [6, 6.07) is 16.6. The second kappa shape index (κ2) is 6.09. The lowest BCUT2D eigenvalue weighted by Crippen LogP contribution is -2.32. The number of hydrogen-bond donors (Lipinski definition) is 0. The third kappa shape index (κ3) is 2.43. The van der Waals surface area contributed by atoms with Crippen molar-refractivity contribution in [3.8, 4) is 11.4 Å². The normalized spacial score (nSPS) is 15.0. The first-order valence-corrected chi connectivity index (χ1v) is 9.27. The van der Waals surface area contributed by atoms with Gasteiger partial charge >= 0.3 is 0 Å². The molecule has 0 bridgehead atoms. The number of anilines is 1. The van der Waals surface area contributed by atoms with Crippen molar-refractivity contribution in [2.75, 3.05) is 18.0 Å². The molecule has 5 heteroatoms. The van der Waals surface area contributed by atoms with Gasteiger partial charge in [-0.25, -0.2) is 9.38 Å². The lowest BCUT2D eigenvalue weighted by molar-refractivity contribution is 0.567. The molecular weight excluding hydrogens is 322 g/mol. The van der Waals surface area contributed by atoms with Crippen LogP contribution in [-0.4, -0.2) is 32.7 Å². The molecule has 3 heterocycles. The van der Waals surface area contributed by atoms with Gasteiger partial charge in [0.05, 0.1) is 5.52 Å². The minimum absolute atomic E-state index is 0.858. The molecule has 26 heavy (non-hydrogen) atoms. The maximum Gasteiger partial charge on any atom is 0.213 e. The Morgan fingerprint density at radius 3 is 2.50 bits per heavy atom. The Morgan fingerprint density at radius 2 is 1.69 bits per heavy atom. The number of hydrogen-bond acceptors (Lipinski definition) is 4. The fraction of sp³-hybridized carbons (Fsp3) is 0.286. The molecule has 1 fully saturated rings. The van der Waals surface area contributed by atoms with Crippen molar-refractivity contribution in [2.24, 2.45) is 0 Å². The van der Waals surface area contributed by atoms with Crippen LogP contribution >= 0.6 is 0 Å². The van der Waals surface area contributed by atoms with E-state index in [1.165, 1.54) is 24.8 Å². The molecule has 130 valence electrons. The van der Waals surface area contributed by atoms with Crippen LogP contribution < -0.4 is 4.90 Å². The molecule has 1 saturated heterocycles. The van der Waals surface area contributed by atoms with E-state index in [9.17, 15) is 0 Å². The molecule has 1 aliphatic rings. The number of aryl methyl sites for hydroxylation is 1. The largest absolute Gasteiger partial charge is 0.342 e. The Kier molecular flexibility index (Phi) is 3.59. The third-order valence-electron chi connectivity index (χ3n) is 5.15. The molecule has 0 spiro atoms. The quantitative estimate of drug-likeness (QED) is 0.546. The number of benzene rings is 2. The Labute approximate surface area is 152 Å². The van der Waals surface area contributed by atoms with E-state index < -0.39 is 0 Å². The molecule has 0 amide bonds. The predicted octanol–water partition coefficient (Wildman–Crippen LogP) is 4.24. The summed E-state index contributed by atoms with van der Waals surface area (Å²) in [4.78, 5) is 7.42. The monoisotopic (exact) mass is 343 g/mol. The van der Waals surface area contributed by atoms with Crippen LogP contribution in [0, 0.1) is 6.92 Å². The Bertz CT molecular complexity index is 1080. The van der Waals surface area contributed by atoms with E-state index in [1.807, 2.05) is 18.2 Å². The van der Waals surface area contributed by atoms with Gasteiger partial charge < -0.3 is 4.90 Å². The van der Waals surface area contributed by atoms with Crippen molar-refractivity contribution in [1.29, 1.82) is 0 Å². The van der Waals surface area contributed by atoms with Gasteiger partial charge in [-0.05, 0) is 38.3 Å². The fourth-order valence-corrected chi connectivity index (χ4v) is 3.81. The average molecular weight is 343 g/mol. The van der Waals surface area contributed by atoms with E-state index in [0.29, 0.717) is 0 Å². The minimum Gasteiger partial charge on any atom is -0.342 e. The standard InChI is InChI=1S/C21H21N5/c1-15-10-11-18-17(14-15)20-24-23-19(16-8-4-2-5-9-16)26(20)21(22-18)25-12-6-3-7-13-25/h2,4-5,8-11,14H,3,6-7,12-13H2,1H3. The molecule has 0 unspecified atom stereocenters. The maximum atomic E-state index is 5.04. The third-order valence-corrected chi connectivity index (χ3v) is 5.15. The molecule has 0 N–H and O–H groups in total. The van der Waals surface area contributed by atoms with Crippen LogP contribution in [-0.2, 0) is 0 Å². The van der Waals surface area contributed by atoms with Crippen molar-refractivity contribution >= 4 is 22.5 Å². The average Bonchev–Trinajstić information content (AvgIpc) is 3.14. The highest BCUT2D eigenvalue weighted by atomic mass is 15.4. The number of fused-ring (bicyclic) bond motifs is 3. The van der Waals surface area contributed by atoms with E-state index in [-0.39, 0.29) is 0 Å². The van der Waals surface area contributed by atoms with Crippen LogP contribution in [0.4, 0.5) is 5.95 Å². The first kappa shape index (κ1) is 15.3. The molecule has 5 nitrogen and oxygen atoms in total. The van der Waals surface area contributed by atoms with Crippen LogP contribution in [0.15, 0.2) is 48.5 Å². The van der Waals surface area contributed by atoms with Crippen LogP contribution in [0.1, 0.15) is 24.8 Å². The van der Waals surface area contributed by atoms with E-state index in [0.717, 1.165) is 47.0 Å². The van der Waals surface area contributed by atoms with Gasteiger partial charge in [0.15, 0.2) is 11.5 Å². The summed E-state index contributed by atoms with van der Waals surface area (Å²) in [5, 5.41) is 10.2. The highest BCUT2D eigenvalue weighted by Gasteiger charge is 2.21. The van der Waals surface area contributed by atoms with Gasteiger partial charge in [-0.15, -0.1) is 10.2 Å². The van der Waals surface area contributed by atoms with Crippen molar-refractivity contribution in [1.82, 2.24) is 19.6 Å². The number of nitrogens with zero attached hydrogens (tertiary/aromatic N) is 5. The van der Waals surface area contributed by atoms with Crippen LogP contribution in [0.2, 0.25) is 0 Å². The summed E-state index contributed by atoms with van der Waals surface area (Å²) in [6.45, 7) is 4.17. The maximum absolute atomic E-state index is 5.04. The molecule has 1 aliphatic heterocycles. The second-order valence-electron chi connectivity index (χ2n) is 7.03. The minimum atomic E-state index is 0.858. The molecule has 5 rings (SSSR count). The zero-order chi connectivity index (χ0) is 17.5. The lowest BCUT2D eigenvalue weighted by atomic mass is 10.1. The first-order valence-electron chi connectivity index (χ1n) is 9.27. The molecule has 0 aliphatic carbocycles. The van der Waals surface area contributed by atoms with Gasteiger partial charge in [-0.1, -0.05) is 42.0 Å². The highest BCUT2D eigenvalue weighted by molar-refractivity contribution is 5.94. The van der Waals surface area contributed by atoms with E-state index in [4.69, 9.17) is 4.98 Å². The Morgan fingerprint density at radius 1 is 0.885 bits per heavy atom. The van der Waals surface area contributed by atoms with Crippen molar-refractivity contribution in [2.45, 2.75) is 26.2 Å². The lowest BCUT2D eigenvalue weighted by Gasteiger charge is -2.28. The molecule has 0 saturated carbocycles. The topological polar surface area (TPSA) is 46.3 Å². The van der Waals surface area contributed by atoms with Crippen LogP contribution in [0.3, 0.4) is 0 Å². The molecule has 2 aromatic carbocycles. The molecule has 0 atom stereocenters. The van der Waals surface area contributed by atoms with Crippen LogP contribution in [0.25, 0.3) is 27.9 Å². The zero-order valence-electron chi connectivity index (χ0n) is 14.9. The van der Waals surface area contributed by atoms with Gasteiger partial charge in [0.2, 0.25) is 5.95 Å². The summed E-state index contributed by atoms with van der Waals surface area (Å²) in [7, 11) is 0. The molecule has 2 aromatic heterocycles. The first-order chi connectivity index (χ1) is 12.8. The SMILES string of the molecule is Cc1ccc2nc(N3CCCCC3)n3c(-c4ccccc4)nnc3c2c1. The van der Waals surface area contributed by atoms with Gasteiger partial charge in [0.1, 0.15) is 0 Å². The summed E-state index contributed by atoms with van der Waals surface area (Å²) >= 11 is 0. The van der Waals surface area contributed by atoms with Gasteiger partial charge in [-0.3, -0.25) is 0 Å². The van der Waals surface area contributed by atoms with Crippen molar-refractivity contribution < 1.29 is 0 Å². The summed E-state index contributed by atoms with van der Waals surface area (Å²) in [6.07, 6.45) is 3.70. The highest BCUT2D eigenvalue weighted by Crippen LogP contribution is 2.30. The van der Waals surface area contributed by atoms with Gasteiger partial charge in [0, 0.05) is 24.0 Å². The van der Waals surface area contributed by atoms with E-state index in [1.54, 1.807) is 0 Å².